The fourth-order valence-corrected chi connectivity index (χ4v) is 7.63. The summed E-state index contributed by atoms with van der Waals surface area (Å²) >= 11 is 4.92. The fourth-order valence-electron chi connectivity index (χ4n) is 7.54. The first-order chi connectivity index (χ1) is 31.3. The second kappa shape index (κ2) is 20.0. The van der Waals surface area contributed by atoms with E-state index in [-0.39, 0.29) is 29.1 Å². The van der Waals surface area contributed by atoms with E-state index in [1.165, 1.54) is 41.3 Å². The fraction of sp³-hybridized carbons (Fsp3) is 0.273. The van der Waals surface area contributed by atoms with Crippen molar-refractivity contribution in [3.05, 3.63) is 118 Å². The van der Waals surface area contributed by atoms with Gasteiger partial charge in [-0.25, -0.2) is 29.0 Å². The van der Waals surface area contributed by atoms with Gasteiger partial charge in [-0.05, 0) is 106 Å². The van der Waals surface area contributed by atoms with Crippen molar-refractivity contribution in [2.75, 3.05) is 41.3 Å². The number of nitrogens with one attached hydrogen (secondary N) is 4. The first-order valence-corrected chi connectivity index (χ1v) is 20.4. The Morgan fingerprint density at radius 1 is 0.803 bits per heavy atom. The number of rotatable bonds is 6. The van der Waals surface area contributed by atoms with E-state index >= 15 is 0 Å². The molecule has 66 heavy (non-hydrogen) atoms. The van der Waals surface area contributed by atoms with Gasteiger partial charge in [-0.1, -0.05) is 30.2 Å². The van der Waals surface area contributed by atoms with Gasteiger partial charge >= 0.3 is 29.9 Å². The van der Waals surface area contributed by atoms with E-state index in [4.69, 9.17) is 18.0 Å². The zero-order valence-corrected chi connectivity index (χ0v) is 35.6. The van der Waals surface area contributed by atoms with Gasteiger partial charge in [0.05, 0.1) is 16.3 Å². The molecule has 8 amide bonds. The molecule has 0 aliphatic carbocycles. The van der Waals surface area contributed by atoms with Crippen LogP contribution < -0.4 is 40.5 Å². The highest BCUT2D eigenvalue weighted by Gasteiger charge is 2.54. The number of non-ortho nitro benzene ring substituents is 1. The number of anilines is 3. The van der Waals surface area contributed by atoms with Gasteiger partial charge in [-0.3, -0.25) is 19.7 Å². The quantitative estimate of drug-likeness (QED) is 0.0498. The Balaban J connectivity index is 0.000000177. The second-order valence-corrected chi connectivity index (χ2v) is 15.5. The second-order valence-electron chi connectivity index (χ2n) is 15.2. The van der Waals surface area contributed by atoms with Gasteiger partial charge in [0.2, 0.25) is 0 Å². The molecule has 4 fully saturated rings. The van der Waals surface area contributed by atoms with Crippen molar-refractivity contribution in [2.24, 2.45) is 0 Å². The third-order valence-corrected chi connectivity index (χ3v) is 10.9. The molecule has 18 nitrogen and oxygen atoms in total. The van der Waals surface area contributed by atoms with Crippen LogP contribution in [0.1, 0.15) is 36.8 Å². The average molecular weight is 933 g/mol. The number of hydrogen-bond acceptors (Lipinski definition) is 11. The summed E-state index contributed by atoms with van der Waals surface area (Å²) in [5.41, 5.74) is -0.137. The number of nitrogens with zero attached hydrogens (tertiary/aromatic N) is 4. The van der Waals surface area contributed by atoms with Crippen molar-refractivity contribution in [2.45, 2.75) is 50.0 Å². The summed E-state index contributed by atoms with van der Waals surface area (Å²) in [5.74, 6) is 1.51. The molecule has 0 atom stereocenters. The van der Waals surface area contributed by atoms with Gasteiger partial charge in [0.25, 0.3) is 17.5 Å². The van der Waals surface area contributed by atoms with E-state index in [1.807, 2.05) is 25.1 Å². The van der Waals surface area contributed by atoms with Gasteiger partial charge in [-0.15, -0.1) is 19.6 Å². The number of terminal acetylenes is 1. The van der Waals surface area contributed by atoms with Crippen LogP contribution in [0.25, 0.3) is 0 Å². The lowest BCUT2D eigenvalue weighted by Gasteiger charge is -2.37. The Labute approximate surface area is 379 Å². The summed E-state index contributed by atoms with van der Waals surface area (Å²) < 4.78 is 45.2. The van der Waals surface area contributed by atoms with Crippen LogP contribution in [0.2, 0.25) is 0 Å². The number of alkyl halides is 3. The molecule has 22 heteroatoms. The minimum absolute atomic E-state index is 0.0460. The molecule has 4 aromatic carbocycles. The first kappa shape index (κ1) is 47.8. The van der Waals surface area contributed by atoms with Crippen molar-refractivity contribution in [1.29, 1.82) is 0 Å². The van der Waals surface area contributed by atoms with E-state index in [0.29, 0.717) is 68.8 Å². The highest BCUT2D eigenvalue weighted by Crippen LogP contribution is 2.35. The molecule has 2 spiro atoms. The summed E-state index contributed by atoms with van der Waals surface area (Å²) in [6.45, 7) is 3.78. The number of benzene rings is 4. The number of likely N-dealkylation sites (tertiary alicyclic amines) is 1. The Hall–Kier alpha value is -7.70. The van der Waals surface area contributed by atoms with Crippen molar-refractivity contribution < 1.29 is 56.3 Å². The highest BCUT2D eigenvalue weighted by atomic mass is 35.5. The Morgan fingerprint density at radius 2 is 1.36 bits per heavy atom. The Bertz CT molecular complexity index is 2580. The topological polar surface area (TPSA) is 222 Å². The number of urea groups is 3. The molecular weight excluding hydrogens is 893 g/mol. The van der Waals surface area contributed by atoms with Crippen molar-refractivity contribution in [1.82, 2.24) is 20.9 Å². The number of amides is 8. The monoisotopic (exact) mass is 932 g/mol. The molecule has 4 aromatic rings. The van der Waals surface area contributed by atoms with Crippen LogP contribution >= 0.6 is 11.6 Å². The average Bonchev–Trinajstić information content (AvgIpc) is 3.65. The number of nitro groups is 1. The van der Waals surface area contributed by atoms with Crippen molar-refractivity contribution in [3.63, 3.8) is 0 Å². The number of hydrogen-bond donors (Lipinski definition) is 4. The van der Waals surface area contributed by atoms with Crippen LogP contribution in [0.5, 0.6) is 11.5 Å². The summed E-state index contributed by atoms with van der Waals surface area (Å²) in [5, 5.41) is 21.7. The van der Waals surface area contributed by atoms with Gasteiger partial charge in [0.15, 0.2) is 0 Å². The zero-order valence-electron chi connectivity index (χ0n) is 34.9. The lowest BCUT2D eigenvalue weighted by Crippen LogP contribution is -2.56. The maximum Gasteiger partial charge on any atom is 0.573 e. The predicted molar refractivity (Wildman–Crippen MR) is 233 cm³/mol. The summed E-state index contributed by atoms with van der Waals surface area (Å²) in [4.78, 5) is 86.8. The number of imide groups is 2. The summed E-state index contributed by atoms with van der Waals surface area (Å²) in [6.07, 6.45) is 2.15. The Kier molecular flexibility index (Phi) is 14.5. The normalized spacial score (nSPS) is 17.1. The number of carbonyl (C=O) groups excluding carboxylic acids is 6. The summed E-state index contributed by atoms with van der Waals surface area (Å²) in [6, 6.07) is 22.9. The van der Waals surface area contributed by atoms with Gasteiger partial charge in [0, 0.05) is 54.1 Å². The lowest BCUT2D eigenvalue weighted by atomic mass is 9.87. The third-order valence-electron chi connectivity index (χ3n) is 10.8. The predicted octanol–water partition coefficient (Wildman–Crippen LogP) is 7.20. The first-order valence-electron chi connectivity index (χ1n) is 20.0. The van der Waals surface area contributed by atoms with Gasteiger partial charge < -0.3 is 35.6 Å². The smallest absolute Gasteiger partial charge is 0.414 e. The standard InChI is InChI=1S/C23H22N4O3.C14H14F3N3O3.C7H4ClNO4/c1-3-17-7-5-8-18(15-17)24-21(29)26-12-10-23(11-13-26)20(28)27(22(30)25-23)19-9-4-6-16(2)14-19;15-14(16,17)23-10-3-1-2-9(8-10)20-11(21)13(19-12(20)22)4-6-18-7-5-13;8-7(10)13-6-3-1-5(2-4-6)9(11)12/h1,4-9,14-15H,10-13H2,2H3,(H,24,29)(H,25,30);1-3,8,18H,4-7H2,(H,19,22);1-4H. The molecule has 4 N–H and O–H groups in total. The molecule has 0 saturated carbocycles. The lowest BCUT2D eigenvalue weighted by molar-refractivity contribution is -0.384. The van der Waals surface area contributed by atoms with Gasteiger partial charge in [-0.2, -0.15) is 0 Å². The molecule has 344 valence electrons. The molecule has 4 aliphatic heterocycles. The zero-order chi connectivity index (χ0) is 47.8. The van der Waals surface area contributed by atoms with E-state index in [0.717, 1.165) is 22.6 Å². The molecule has 0 aromatic heterocycles. The number of piperidine rings is 2. The van der Waals surface area contributed by atoms with E-state index < -0.39 is 51.5 Å². The molecule has 8 rings (SSSR count). The molecule has 4 saturated heterocycles. The summed E-state index contributed by atoms with van der Waals surface area (Å²) in [7, 11) is 0. The van der Waals surface area contributed by atoms with E-state index in [2.05, 4.69) is 36.7 Å². The number of aryl methyl sites for hydroxylation is 1. The molecular formula is C44H40ClF3N8O10. The maximum absolute atomic E-state index is 13.1. The van der Waals surface area contributed by atoms with E-state index in [1.54, 1.807) is 35.2 Å². The molecule has 4 heterocycles. The Morgan fingerprint density at radius 3 is 1.91 bits per heavy atom. The van der Waals surface area contributed by atoms with Crippen LogP contribution in [0.4, 0.5) is 55.1 Å². The van der Waals surface area contributed by atoms with Crippen molar-refractivity contribution in [3.8, 4) is 23.8 Å². The number of ether oxygens (including phenoxy) is 2. The van der Waals surface area contributed by atoms with Gasteiger partial charge in [0.1, 0.15) is 22.6 Å². The number of nitro benzene ring substituents is 1. The largest absolute Gasteiger partial charge is 0.573 e. The van der Waals surface area contributed by atoms with Crippen LogP contribution in [0, 0.1) is 29.4 Å². The minimum atomic E-state index is -4.84. The molecule has 0 bridgehead atoms. The SMILES string of the molecule is C#Cc1cccc(NC(=O)N2CCC3(CC2)NC(=O)N(c2cccc(C)c2)C3=O)c1.O=C(Cl)Oc1ccc([N+](=O)[O-])cc1.O=C1NC2(CCNCC2)C(=O)N1c1cccc(OC(F)(F)F)c1. The van der Waals surface area contributed by atoms with Crippen LogP contribution in [0.15, 0.2) is 97.1 Å². The van der Waals surface area contributed by atoms with Crippen LogP contribution in [0.3, 0.4) is 0 Å². The van der Waals surface area contributed by atoms with Crippen molar-refractivity contribution >= 4 is 69.7 Å². The van der Waals surface area contributed by atoms with Crippen LogP contribution in [-0.2, 0) is 9.59 Å². The van der Waals surface area contributed by atoms with Crippen LogP contribution in [-0.4, -0.2) is 88.8 Å². The number of carbonyl (C=O) groups is 6. The molecule has 0 unspecified atom stereocenters. The maximum atomic E-state index is 13.1. The minimum Gasteiger partial charge on any atom is -0.414 e. The third kappa shape index (κ3) is 11.3. The number of halogens is 4. The molecule has 4 aliphatic rings. The van der Waals surface area contributed by atoms with E-state index in [9.17, 15) is 52.1 Å². The highest BCUT2D eigenvalue weighted by molar-refractivity contribution is 6.61. The molecule has 0 radical (unpaired) electrons.